The summed E-state index contributed by atoms with van der Waals surface area (Å²) in [6.07, 6.45) is 1.47. The van der Waals surface area contributed by atoms with Crippen molar-refractivity contribution in [2.75, 3.05) is 32.7 Å². The molecule has 9 nitrogen and oxygen atoms in total. The Morgan fingerprint density at radius 1 is 1.06 bits per heavy atom. The fraction of sp³-hybridized carbons (Fsp3) is 0.385. The third kappa shape index (κ3) is 6.52. The molecule has 0 unspecified atom stereocenters. The zero-order chi connectivity index (χ0) is 34.2. The van der Waals surface area contributed by atoms with E-state index in [1.54, 1.807) is 11.3 Å². The number of aromatic nitrogens is 2. The Balaban J connectivity index is 1.14. The molecule has 1 N–H and O–H groups in total. The summed E-state index contributed by atoms with van der Waals surface area (Å²) < 4.78 is 6.31. The van der Waals surface area contributed by atoms with Crippen LogP contribution in [0.5, 0.6) is 0 Å². The molecule has 5 aromatic rings. The van der Waals surface area contributed by atoms with Crippen LogP contribution in [-0.4, -0.2) is 74.5 Å². The second-order valence-corrected chi connectivity index (χ2v) is 14.3. The van der Waals surface area contributed by atoms with Crippen LogP contribution < -0.4 is 0 Å². The van der Waals surface area contributed by atoms with E-state index in [2.05, 4.69) is 62.9 Å². The molecule has 1 saturated heterocycles. The number of nitrogens with zero attached hydrogens (tertiary/aromatic N) is 6. The van der Waals surface area contributed by atoms with Gasteiger partial charge in [0.15, 0.2) is 5.58 Å². The number of nitriles is 1. The van der Waals surface area contributed by atoms with Crippen molar-refractivity contribution < 1.29 is 14.3 Å². The Hall–Kier alpha value is -4.40. The monoisotopic (exact) mass is 674 g/mol. The third-order valence-electron chi connectivity index (χ3n) is 9.89. The van der Waals surface area contributed by atoms with E-state index in [4.69, 9.17) is 14.4 Å². The number of hydrogen-bond donors (Lipinski definition) is 1. The number of oxazole rings is 1. The standard InChI is InChI=1S/C39H42N6O3S/c1-5-14-43(6-2)19-26-16-27(18-40)37-33(17-26)41-38(48-37)31-11-7-9-29(24(31)3)30-10-8-12-32(25(30)4)39-42-34-21-45(22-35(34)49-39)36(47)23-44-15-13-28(46)20-44/h7-12,16-17,28,46H,5-6,13-15,19-23H2,1-4H3/t28-/m1/s1. The van der Waals surface area contributed by atoms with E-state index < -0.39 is 0 Å². The maximum atomic E-state index is 13.0. The minimum atomic E-state index is -0.331. The van der Waals surface area contributed by atoms with Crippen LogP contribution in [0, 0.1) is 25.2 Å². The first-order chi connectivity index (χ1) is 23.8. The van der Waals surface area contributed by atoms with Gasteiger partial charge in [0.1, 0.15) is 16.6 Å². The highest BCUT2D eigenvalue weighted by atomic mass is 32.1. The van der Waals surface area contributed by atoms with E-state index in [1.807, 2.05) is 34.1 Å². The first-order valence-electron chi connectivity index (χ1n) is 17.2. The van der Waals surface area contributed by atoms with Gasteiger partial charge in [-0.1, -0.05) is 44.2 Å². The van der Waals surface area contributed by atoms with Crippen molar-refractivity contribution in [3.63, 3.8) is 0 Å². The highest BCUT2D eigenvalue weighted by Gasteiger charge is 2.30. The maximum absolute atomic E-state index is 13.0. The van der Waals surface area contributed by atoms with E-state index in [9.17, 15) is 15.2 Å². The predicted molar refractivity (Wildman–Crippen MR) is 193 cm³/mol. The number of amides is 1. The van der Waals surface area contributed by atoms with Crippen molar-refractivity contribution in [3.05, 3.63) is 81.4 Å². The van der Waals surface area contributed by atoms with Gasteiger partial charge in [-0.05, 0) is 85.8 Å². The smallest absolute Gasteiger partial charge is 0.237 e. The van der Waals surface area contributed by atoms with Crippen molar-refractivity contribution >= 4 is 28.3 Å². The molecule has 252 valence electrons. The van der Waals surface area contributed by atoms with Crippen molar-refractivity contribution in [1.82, 2.24) is 24.7 Å². The van der Waals surface area contributed by atoms with Gasteiger partial charge >= 0.3 is 0 Å². The minimum Gasteiger partial charge on any atom is -0.435 e. The fourth-order valence-corrected chi connectivity index (χ4v) is 8.37. The predicted octanol–water partition coefficient (Wildman–Crippen LogP) is 6.91. The van der Waals surface area contributed by atoms with Gasteiger partial charge < -0.3 is 14.4 Å². The molecule has 2 aliphatic rings. The molecule has 0 saturated carbocycles. The lowest BCUT2D eigenvalue weighted by Crippen LogP contribution is -2.37. The summed E-state index contributed by atoms with van der Waals surface area (Å²) in [5.41, 5.74) is 10.1. The number of likely N-dealkylation sites (tertiary alicyclic amines) is 1. The Morgan fingerprint density at radius 3 is 2.47 bits per heavy atom. The molecular weight excluding hydrogens is 633 g/mol. The first-order valence-corrected chi connectivity index (χ1v) is 18.0. The number of rotatable bonds is 10. The van der Waals surface area contributed by atoms with E-state index in [-0.39, 0.29) is 12.0 Å². The van der Waals surface area contributed by atoms with Gasteiger partial charge in [0.25, 0.3) is 0 Å². The molecule has 1 atom stereocenters. The number of fused-ring (bicyclic) bond motifs is 2. The minimum absolute atomic E-state index is 0.0905. The number of carbonyl (C=O) groups is 1. The van der Waals surface area contributed by atoms with Gasteiger partial charge in [-0.3, -0.25) is 14.6 Å². The van der Waals surface area contributed by atoms with Crippen LogP contribution >= 0.6 is 11.3 Å². The molecule has 49 heavy (non-hydrogen) atoms. The summed E-state index contributed by atoms with van der Waals surface area (Å²) in [6.45, 7) is 14.1. The van der Waals surface area contributed by atoms with Crippen LogP contribution in [-0.2, 0) is 24.4 Å². The molecule has 0 aliphatic carbocycles. The number of thiazole rings is 1. The van der Waals surface area contributed by atoms with E-state index in [1.165, 1.54) is 0 Å². The zero-order valence-corrected chi connectivity index (χ0v) is 29.4. The Labute approximate surface area is 291 Å². The lowest BCUT2D eigenvalue weighted by atomic mass is 9.91. The van der Waals surface area contributed by atoms with Crippen molar-refractivity contribution in [2.45, 2.75) is 66.3 Å². The van der Waals surface area contributed by atoms with Crippen LogP contribution in [0.4, 0.5) is 0 Å². The van der Waals surface area contributed by atoms with Crippen molar-refractivity contribution in [1.29, 1.82) is 5.26 Å². The Morgan fingerprint density at radius 2 is 1.80 bits per heavy atom. The van der Waals surface area contributed by atoms with Crippen molar-refractivity contribution in [2.24, 2.45) is 0 Å². The van der Waals surface area contributed by atoms with Crippen molar-refractivity contribution in [3.8, 4) is 39.2 Å². The number of aliphatic hydroxyl groups excluding tert-OH is 1. The molecule has 7 rings (SSSR count). The quantitative estimate of drug-likeness (QED) is 0.170. The van der Waals surface area contributed by atoms with Crippen LogP contribution in [0.1, 0.15) is 59.5 Å². The first kappa shape index (κ1) is 33.1. The van der Waals surface area contributed by atoms with Gasteiger partial charge in [0, 0.05) is 35.6 Å². The van der Waals surface area contributed by atoms with Gasteiger partial charge in [-0.15, -0.1) is 11.3 Å². The van der Waals surface area contributed by atoms with E-state index in [0.717, 1.165) is 93.5 Å². The highest BCUT2D eigenvalue weighted by Crippen LogP contribution is 2.40. The highest BCUT2D eigenvalue weighted by molar-refractivity contribution is 7.15. The number of aliphatic hydroxyl groups is 1. The molecule has 2 aromatic heterocycles. The maximum Gasteiger partial charge on any atom is 0.237 e. The average molecular weight is 675 g/mol. The lowest BCUT2D eigenvalue weighted by molar-refractivity contribution is -0.132. The largest absolute Gasteiger partial charge is 0.435 e. The molecule has 0 radical (unpaired) electrons. The second kappa shape index (κ2) is 13.8. The zero-order valence-electron chi connectivity index (χ0n) is 28.6. The second-order valence-electron chi connectivity index (χ2n) is 13.3. The topological polar surface area (TPSA) is 110 Å². The molecule has 10 heteroatoms. The summed E-state index contributed by atoms with van der Waals surface area (Å²) in [5, 5.41) is 20.8. The molecular formula is C39H42N6O3S. The number of carbonyl (C=O) groups excluding carboxylic acids is 1. The normalized spacial score (nSPS) is 16.2. The summed E-state index contributed by atoms with van der Waals surface area (Å²) in [5.74, 6) is 0.599. The molecule has 4 heterocycles. The summed E-state index contributed by atoms with van der Waals surface area (Å²) >= 11 is 1.66. The van der Waals surface area contributed by atoms with Crippen LogP contribution in [0.3, 0.4) is 0 Å². The van der Waals surface area contributed by atoms with Crippen LogP contribution in [0.2, 0.25) is 0 Å². The summed E-state index contributed by atoms with van der Waals surface area (Å²) in [7, 11) is 0. The van der Waals surface area contributed by atoms with E-state index >= 15 is 0 Å². The molecule has 0 bridgehead atoms. The van der Waals surface area contributed by atoms with E-state index in [0.29, 0.717) is 48.7 Å². The third-order valence-corrected chi connectivity index (χ3v) is 11.0. The average Bonchev–Trinajstić information content (AvgIpc) is 3.88. The number of benzene rings is 3. The molecule has 0 spiro atoms. The molecule has 2 aliphatic heterocycles. The van der Waals surface area contributed by atoms with Gasteiger partial charge in [0.2, 0.25) is 11.8 Å². The molecule has 1 amide bonds. The van der Waals surface area contributed by atoms with Gasteiger partial charge in [0.05, 0.1) is 37.0 Å². The van der Waals surface area contributed by atoms with Crippen LogP contribution in [0.15, 0.2) is 52.9 Å². The summed E-state index contributed by atoms with van der Waals surface area (Å²) in [4.78, 5) is 30.3. The lowest BCUT2D eigenvalue weighted by Gasteiger charge is -2.20. The fourth-order valence-electron chi connectivity index (χ4n) is 7.20. The number of hydrogen-bond acceptors (Lipinski definition) is 9. The van der Waals surface area contributed by atoms with Gasteiger partial charge in [-0.25, -0.2) is 9.97 Å². The SMILES string of the molecule is CCCN(CC)Cc1cc(C#N)c2oc(-c3cccc(-c4cccc(-c5nc6c(s5)CN(C(=O)CN5CC[C@@H](O)C5)C6)c4C)c3C)nc2c1. The molecule has 3 aromatic carbocycles. The molecule has 1 fully saturated rings. The Kier molecular flexibility index (Phi) is 9.36. The number of β-amino-alcohol motifs (C(OH)–C–C–N with tert-alkyl or cyclic N) is 1. The van der Waals surface area contributed by atoms with Crippen LogP contribution in [0.25, 0.3) is 44.3 Å². The van der Waals surface area contributed by atoms with Gasteiger partial charge in [-0.2, -0.15) is 5.26 Å². The summed E-state index contributed by atoms with van der Waals surface area (Å²) in [6, 6.07) is 18.8. The Bertz CT molecular complexity index is 2050.